The summed E-state index contributed by atoms with van der Waals surface area (Å²) in [4.78, 5) is 14.4. The molecular formula is C16H24N2O. The number of benzene rings is 1. The van der Waals surface area contributed by atoms with Crippen LogP contribution >= 0.6 is 0 Å². The van der Waals surface area contributed by atoms with E-state index >= 15 is 0 Å². The third-order valence-corrected chi connectivity index (χ3v) is 4.34. The van der Waals surface area contributed by atoms with Gasteiger partial charge < -0.3 is 10.6 Å². The summed E-state index contributed by atoms with van der Waals surface area (Å²) in [6.07, 6.45) is 4.81. The average molecular weight is 260 g/mol. The van der Waals surface area contributed by atoms with Crippen molar-refractivity contribution in [1.82, 2.24) is 4.90 Å². The smallest absolute Gasteiger partial charge is 0.244 e. The number of hydrogen-bond acceptors (Lipinski definition) is 2. The van der Waals surface area contributed by atoms with Crippen LogP contribution in [0.25, 0.3) is 0 Å². The van der Waals surface area contributed by atoms with Gasteiger partial charge in [0.2, 0.25) is 5.91 Å². The standard InChI is InChI=1S/C16H24N2O/c1-12-8-6-7-11-14(12)18(2)16(19)15(17)13-9-4-3-5-10-13/h3-5,9-10,12,14-15H,6-8,11,17H2,1-2H3. The molecule has 3 nitrogen and oxygen atoms in total. The topological polar surface area (TPSA) is 46.3 Å². The molecule has 1 amide bonds. The summed E-state index contributed by atoms with van der Waals surface area (Å²) in [6, 6.07) is 9.42. The zero-order valence-electron chi connectivity index (χ0n) is 11.9. The van der Waals surface area contributed by atoms with E-state index in [1.165, 1.54) is 19.3 Å². The molecule has 1 aromatic carbocycles. The van der Waals surface area contributed by atoms with Crippen molar-refractivity contribution in [3.63, 3.8) is 0 Å². The molecule has 2 N–H and O–H groups in total. The number of hydrogen-bond donors (Lipinski definition) is 1. The minimum absolute atomic E-state index is 0.0324. The van der Waals surface area contributed by atoms with Crippen molar-refractivity contribution >= 4 is 5.91 Å². The summed E-state index contributed by atoms with van der Waals surface area (Å²) < 4.78 is 0. The Morgan fingerprint density at radius 2 is 1.89 bits per heavy atom. The SMILES string of the molecule is CC1CCCCC1N(C)C(=O)C(N)c1ccccc1. The van der Waals surface area contributed by atoms with Gasteiger partial charge in [0.05, 0.1) is 0 Å². The van der Waals surface area contributed by atoms with E-state index in [0.717, 1.165) is 12.0 Å². The molecule has 1 aliphatic rings. The summed E-state index contributed by atoms with van der Waals surface area (Å²) >= 11 is 0. The molecule has 104 valence electrons. The molecule has 19 heavy (non-hydrogen) atoms. The average Bonchev–Trinajstić information content (AvgIpc) is 2.46. The lowest BCUT2D eigenvalue weighted by molar-refractivity contribution is -0.135. The number of carbonyl (C=O) groups is 1. The van der Waals surface area contributed by atoms with Crippen LogP contribution in [0.5, 0.6) is 0 Å². The second-order valence-electron chi connectivity index (χ2n) is 5.67. The highest BCUT2D eigenvalue weighted by atomic mass is 16.2. The fraction of sp³-hybridized carbons (Fsp3) is 0.562. The Bertz CT molecular complexity index is 418. The van der Waals surface area contributed by atoms with E-state index in [9.17, 15) is 4.79 Å². The second-order valence-corrected chi connectivity index (χ2v) is 5.67. The summed E-state index contributed by atoms with van der Waals surface area (Å²) in [7, 11) is 1.90. The quantitative estimate of drug-likeness (QED) is 0.908. The van der Waals surface area contributed by atoms with Gasteiger partial charge in [-0.05, 0) is 24.3 Å². The van der Waals surface area contributed by atoms with E-state index < -0.39 is 6.04 Å². The summed E-state index contributed by atoms with van der Waals surface area (Å²) in [6.45, 7) is 2.24. The highest BCUT2D eigenvalue weighted by molar-refractivity contribution is 5.83. The van der Waals surface area contributed by atoms with Crippen molar-refractivity contribution in [2.24, 2.45) is 11.7 Å². The van der Waals surface area contributed by atoms with Crippen molar-refractivity contribution < 1.29 is 4.79 Å². The molecule has 2 rings (SSSR count). The van der Waals surface area contributed by atoms with Crippen LogP contribution in [-0.2, 0) is 4.79 Å². The molecular weight excluding hydrogens is 236 g/mol. The minimum atomic E-state index is -0.541. The molecule has 0 aliphatic heterocycles. The van der Waals surface area contributed by atoms with Crippen molar-refractivity contribution in [2.75, 3.05) is 7.05 Å². The molecule has 0 spiro atoms. The lowest BCUT2D eigenvalue weighted by atomic mass is 9.85. The Morgan fingerprint density at radius 1 is 1.26 bits per heavy atom. The van der Waals surface area contributed by atoms with E-state index in [2.05, 4.69) is 6.92 Å². The predicted octanol–water partition coefficient (Wildman–Crippen LogP) is 2.72. The van der Waals surface area contributed by atoms with Gasteiger partial charge in [0.15, 0.2) is 0 Å². The van der Waals surface area contributed by atoms with Crippen LogP contribution in [0.4, 0.5) is 0 Å². The first-order valence-corrected chi connectivity index (χ1v) is 7.18. The zero-order valence-corrected chi connectivity index (χ0v) is 11.9. The maximum atomic E-state index is 12.5. The van der Waals surface area contributed by atoms with Gasteiger partial charge in [-0.15, -0.1) is 0 Å². The normalized spacial score (nSPS) is 24.8. The third-order valence-electron chi connectivity index (χ3n) is 4.34. The maximum absolute atomic E-state index is 12.5. The van der Waals surface area contributed by atoms with Crippen molar-refractivity contribution in [3.05, 3.63) is 35.9 Å². The largest absolute Gasteiger partial charge is 0.341 e. The summed E-state index contributed by atoms with van der Waals surface area (Å²) in [5.74, 6) is 0.607. The summed E-state index contributed by atoms with van der Waals surface area (Å²) in [5.41, 5.74) is 6.99. The van der Waals surface area contributed by atoms with Gasteiger partial charge in [-0.3, -0.25) is 4.79 Å². The van der Waals surface area contributed by atoms with E-state index in [-0.39, 0.29) is 5.91 Å². The first-order valence-electron chi connectivity index (χ1n) is 7.18. The molecule has 0 radical (unpaired) electrons. The predicted molar refractivity (Wildman–Crippen MR) is 77.6 cm³/mol. The van der Waals surface area contributed by atoms with Crippen LogP contribution < -0.4 is 5.73 Å². The molecule has 1 saturated carbocycles. The van der Waals surface area contributed by atoms with Gasteiger partial charge in [0.1, 0.15) is 6.04 Å². The molecule has 1 aromatic rings. The lowest BCUT2D eigenvalue weighted by Crippen LogP contribution is -2.46. The fourth-order valence-corrected chi connectivity index (χ4v) is 3.06. The van der Waals surface area contributed by atoms with Crippen LogP contribution in [0.15, 0.2) is 30.3 Å². The van der Waals surface area contributed by atoms with Gasteiger partial charge in [-0.2, -0.15) is 0 Å². The Morgan fingerprint density at radius 3 is 2.53 bits per heavy atom. The van der Waals surface area contributed by atoms with Gasteiger partial charge in [-0.1, -0.05) is 50.1 Å². The molecule has 3 unspecified atom stereocenters. The van der Waals surface area contributed by atoms with E-state index in [0.29, 0.717) is 12.0 Å². The number of rotatable bonds is 3. The highest BCUT2D eigenvalue weighted by Gasteiger charge is 2.30. The number of nitrogens with two attached hydrogens (primary N) is 1. The zero-order chi connectivity index (χ0) is 13.8. The fourth-order valence-electron chi connectivity index (χ4n) is 3.06. The molecule has 3 heteroatoms. The minimum Gasteiger partial charge on any atom is -0.341 e. The Kier molecular flexibility index (Phi) is 4.59. The molecule has 0 heterocycles. The van der Waals surface area contributed by atoms with Gasteiger partial charge in [0.25, 0.3) is 0 Å². The maximum Gasteiger partial charge on any atom is 0.244 e. The Balaban J connectivity index is 2.06. The molecule has 0 saturated heterocycles. The Hall–Kier alpha value is -1.35. The first-order chi connectivity index (χ1) is 9.11. The van der Waals surface area contributed by atoms with Gasteiger partial charge >= 0.3 is 0 Å². The molecule has 1 aliphatic carbocycles. The van der Waals surface area contributed by atoms with Crippen molar-refractivity contribution in [2.45, 2.75) is 44.7 Å². The van der Waals surface area contributed by atoms with Crippen molar-refractivity contribution in [3.8, 4) is 0 Å². The third kappa shape index (κ3) is 3.16. The van der Waals surface area contributed by atoms with Crippen LogP contribution in [-0.4, -0.2) is 23.9 Å². The van der Waals surface area contributed by atoms with Crippen LogP contribution in [0.2, 0.25) is 0 Å². The van der Waals surface area contributed by atoms with E-state index in [1.54, 1.807) is 0 Å². The number of nitrogens with zero attached hydrogens (tertiary/aromatic N) is 1. The first kappa shape index (κ1) is 14.1. The molecule has 1 fully saturated rings. The number of likely N-dealkylation sites (N-methyl/N-ethyl adjacent to an activating group) is 1. The monoisotopic (exact) mass is 260 g/mol. The van der Waals surface area contributed by atoms with Crippen LogP contribution in [0, 0.1) is 5.92 Å². The summed E-state index contributed by atoms with van der Waals surface area (Å²) in [5, 5.41) is 0. The van der Waals surface area contributed by atoms with Crippen LogP contribution in [0.1, 0.15) is 44.2 Å². The highest BCUT2D eigenvalue weighted by Crippen LogP contribution is 2.28. The van der Waals surface area contributed by atoms with E-state index in [1.807, 2.05) is 42.3 Å². The van der Waals surface area contributed by atoms with Gasteiger partial charge in [0, 0.05) is 13.1 Å². The Labute approximate surface area is 115 Å². The number of carbonyl (C=O) groups excluding carboxylic acids is 1. The second kappa shape index (κ2) is 6.20. The molecule has 3 atom stereocenters. The molecule has 0 aromatic heterocycles. The number of amides is 1. The van der Waals surface area contributed by atoms with Crippen molar-refractivity contribution in [1.29, 1.82) is 0 Å². The lowest BCUT2D eigenvalue weighted by Gasteiger charge is -2.37. The van der Waals surface area contributed by atoms with Crippen LogP contribution in [0.3, 0.4) is 0 Å². The van der Waals surface area contributed by atoms with Gasteiger partial charge in [-0.25, -0.2) is 0 Å². The molecule has 0 bridgehead atoms. The van der Waals surface area contributed by atoms with E-state index in [4.69, 9.17) is 5.73 Å².